The minimum Gasteiger partial charge on any atom is -0.375 e. The fraction of sp³-hybridized carbons (Fsp3) is 0.636. The largest absolute Gasteiger partial charge is 0.375 e. The van der Waals surface area contributed by atoms with Crippen LogP contribution in [0.3, 0.4) is 0 Å². The molecule has 1 unspecified atom stereocenters. The molecule has 1 saturated heterocycles. The van der Waals surface area contributed by atoms with Crippen molar-refractivity contribution in [2.24, 2.45) is 0 Å². The van der Waals surface area contributed by atoms with Gasteiger partial charge in [0.2, 0.25) is 0 Å². The number of nitrogens with zero attached hydrogens (tertiary/aromatic N) is 2. The number of hydrogen-bond acceptors (Lipinski definition) is 4. The first-order valence-corrected chi connectivity index (χ1v) is 5.83. The first-order chi connectivity index (χ1) is 7.55. The molecule has 1 atom stereocenters. The van der Waals surface area contributed by atoms with Gasteiger partial charge in [0.05, 0.1) is 5.60 Å². The molecule has 1 fully saturated rings. The molecule has 1 aliphatic rings. The summed E-state index contributed by atoms with van der Waals surface area (Å²) in [5, 5.41) is 11.6. The second-order valence-electron chi connectivity index (χ2n) is 4.68. The molecular formula is C11H16ClN3O. The van der Waals surface area contributed by atoms with E-state index >= 15 is 0 Å². The summed E-state index contributed by atoms with van der Waals surface area (Å²) in [5.41, 5.74) is -0.0598. The molecule has 0 amide bonds. The molecule has 0 radical (unpaired) electrons. The van der Waals surface area contributed by atoms with Gasteiger partial charge < -0.3 is 10.1 Å². The zero-order chi connectivity index (χ0) is 11.6. The predicted octanol–water partition coefficient (Wildman–Crippen LogP) is 2.50. The molecule has 2 heterocycles. The Balaban J connectivity index is 1.97. The molecule has 1 aromatic rings. The van der Waals surface area contributed by atoms with E-state index in [-0.39, 0.29) is 5.60 Å². The van der Waals surface area contributed by atoms with Crippen LogP contribution in [-0.2, 0) is 4.74 Å². The summed E-state index contributed by atoms with van der Waals surface area (Å²) >= 11 is 5.68. The third kappa shape index (κ3) is 3.06. The Morgan fingerprint density at radius 2 is 2.25 bits per heavy atom. The first kappa shape index (κ1) is 11.6. The van der Waals surface area contributed by atoms with Crippen LogP contribution in [0.5, 0.6) is 0 Å². The van der Waals surface area contributed by atoms with Crippen molar-refractivity contribution < 1.29 is 4.74 Å². The lowest BCUT2D eigenvalue weighted by Gasteiger charge is -2.35. The summed E-state index contributed by atoms with van der Waals surface area (Å²) in [7, 11) is 0. The lowest BCUT2D eigenvalue weighted by molar-refractivity contribution is -0.0553. The van der Waals surface area contributed by atoms with E-state index in [4.69, 9.17) is 16.3 Å². The van der Waals surface area contributed by atoms with Crippen LogP contribution in [0.2, 0.25) is 5.15 Å². The molecule has 0 bridgehead atoms. The number of hydrogen-bond donors (Lipinski definition) is 1. The van der Waals surface area contributed by atoms with Crippen LogP contribution in [0.25, 0.3) is 0 Å². The average Bonchev–Trinajstić information content (AvgIpc) is 2.20. The number of halogens is 1. The SMILES string of the molecule is CC1(C)CC(Nc2ccc(Cl)nn2)CCO1. The summed E-state index contributed by atoms with van der Waals surface area (Å²) < 4.78 is 5.66. The van der Waals surface area contributed by atoms with Gasteiger partial charge in [-0.1, -0.05) is 11.6 Å². The highest BCUT2D eigenvalue weighted by Gasteiger charge is 2.28. The van der Waals surface area contributed by atoms with Crippen molar-refractivity contribution in [1.82, 2.24) is 10.2 Å². The topological polar surface area (TPSA) is 47.0 Å². The molecule has 0 aliphatic carbocycles. The van der Waals surface area contributed by atoms with E-state index < -0.39 is 0 Å². The summed E-state index contributed by atoms with van der Waals surface area (Å²) in [5.74, 6) is 0.770. The van der Waals surface area contributed by atoms with Crippen LogP contribution in [0.1, 0.15) is 26.7 Å². The highest BCUT2D eigenvalue weighted by atomic mass is 35.5. The van der Waals surface area contributed by atoms with E-state index in [0.29, 0.717) is 11.2 Å². The zero-order valence-electron chi connectivity index (χ0n) is 9.53. The highest BCUT2D eigenvalue weighted by molar-refractivity contribution is 6.29. The number of aromatic nitrogens is 2. The fourth-order valence-corrected chi connectivity index (χ4v) is 2.06. The summed E-state index contributed by atoms with van der Waals surface area (Å²) in [6.45, 7) is 4.99. The van der Waals surface area contributed by atoms with E-state index in [1.54, 1.807) is 6.07 Å². The van der Waals surface area contributed by atoms with E-state index in [9.17, 15) is 0 Å². The zero-order valence-corrected chi connectivity index (χ0v) is 10.3. The van der Waals surface area contributed by atoms with E-state index in [1.807, 2.05) is 6.07 Å². The van der Waals surface area contributed by atoms with Gasteiger partial charge in [0.25, 0.3) is 0 Å². The molecular weight excluding hydrogens is 226 g/mol. The first-order valence-electron chi connectivity index (χ1n) is 5.45. The lowest BCUT2D eigenvalue weighted by Crippen LogP contribution is -2.40. The number of rotatable bonds is 2. The molecule has 4 nitrogen and oxygen atoms in total. The standard InChI is InChI=1S/C11H16ClN3O/c1-11(2)7-8(5-6-16-11)13-10-4-3-9(12)14-15-10/h3-4,8H,5-7H2,1-2H3,(H,13,15). The van der Waals surface area contributed by atoms with E-state index in [0.717, 1.165) is 25.3 Å². The minimum absolute atomic E-state index is 0.0598. The van der Waals surface area contributed by atoms with Gasteiger partial charge in [0.15, 0.2) is 5.15 Å². The van der Waals surface area contributed by atoms with Gasteiger partial charge in [-0.15, -0.1) is 10.2 Å². The maximum Gasteiger partial charge on any atom is 0.151 e. The van der Waals surface area contributed by atoms with Crippen molar-refractivity contribution in [1.29, 1.82) is 0 Å². The molecule has 0 spiro atoms. The Morgan fingerprint density at radius 3 is 2.88 bits per heavy atom. The van der Waals surface area contributed by atoms with Crippen molar-refractivity contribution in [3.05, 3.63) is 17.3 Å². The average molecular weight is 242 g/mol. The van der Waals surface area contributed by atoms with Crippen LogP contribution < -0.4 is 5.32 Å². The van der Waals surface area contributed by atoms with Crippen LogP contribution in [-0.4, -0.2) is 28.4 Å². The van der Waals surface area contributed by atoms with Crippen LogP contribution in [0, 0.1) is 0 Å². The van der Waals surface area contributed by atoms with Crippen molar-refractivity contribution >= 4 is 17.4 Å². The van der Waals surface area contributed by atoms with Crippen molar-refractivity contribution in [2.75, 3.05) is 11.9 Å². The van der Waals surface area contributed by atoms with Crippen LogP contribution >= 0.6 is 11.6 Å². The lowest BCUT2D eigenvalue weighted by atomic mass is 9.94. The maximum atomic E-state index is 5.68. The Morgan fingerprint density at radius 1 is 1.44 bits per heavy atom. The maximum absolute atomic E-state index is 5.68. The van der Waals surface area contributed by atoms with Gasteiger partial charge in [-0.2, -0.15) is 0 Å². The number of anilines is 1. The Labute approximate surface area is 100 Å². The molecule has 0 saturated carbocycles. The van der Waals surface area contributed by atoms with Crippen molar-refractivity contribution in [3.8, 4) is 0 Å². The van der Waals surface area contributed by atoms with Gasteiger partial charge in [0, 0.05) is 12.6 Å². The molecule has 1 N–H and O–H groups in total. The molecule has 16 heavy (non-hydrogen) atoms. The third-order valence-electron chi connectivity index (χ3n) is 2.68. The van der Waals surface area contributed by atoms with Gasteiger partial charge >= 0.3 is 0 Å². The molecule has 88 valence electrons. The van der Waals surface area contributed by atoms with Crippen LogP contribution in [0.15, 0.2) is 12.1 Å². The Kier molecular flexibility index (Phi) is 3.30. The third-order valence-corrected chi connectivity index (χ3v) is 2.88. The molecule has 5 heteroatoms. The minimum atomic E-state index is -0.0598. The number of nitrogens with one attached hydrogen (secondary N) is 1. The quantitative estimate of drug-likeness (QED) is 0.864. The van der Waals surface area contributed by atoms with Crippen molar-refractivity contribution in [2.45, 2.75) is 38.3 Å². The predicted molar refractivity (Wildman–Crippen MR) is 63.7 cm³/mol. The number of ether oxygens (including phenoxy) is 1. The van der Waals surface area contributed by atoms with Crippen LogP contribution in [0.4, 0.5) is 5.82 Å². The van der Waals surface area contributed by atoms with Gasteiger partial charge in [-0.25, -0.2) is 0 Å². The van der Waals surface area contributed by atoms with Gasteiger partial charge in [-0.3, -0.25) is 0 Å². The second-order valence-corrected chi connectivity index (χ2v) is 5.07. The molecule has 1 aromatic heterocycles. The van der Waals surface area contributed by atoms with E-state index in [2.05, 4.69) is 29.4 Å². The van der Waals surface area contributed by atoms with Crippen molar-refractivity contribution in [3.63, 3.8) is 0 Å². The Bertz CT molecular complexity index is 353. The highest BCUT2D eigenvalue weighted by Crippen LogP contribution is 2.25. The van der Waals surface area contributed by atoms with E-state index in [1.165, 1.54) is 0 Å². The smallest absolute Gasteiger partial charge is 0.151 e. The molecule has 1 aliphatic heterocycles. The van der Waals surface area contributed by atoms with Gasteiger partial charge in [-0.05, 0) is 38.8 Å². The summed E-state index contributed by atoms with van der Waals surface area (Å²) in [4.78, 5) is 0. The summed E-state index contributed by atoms with van der Waals surface area (Å²) in [6.07, 6.45) is 1.96. The molecule has 2 rings (SSSR count). The Hall–Kier alpha value is -0.870. The normalized spacial score (nSPS) is 24.1. The summed E-state index contributed by atoms with van der Waals surface area (Å²) in [6, 6.07) is 3.97. The molecule has 0 aromatic carbocycles. The monoisotopic (exact) mass is 241 g/mol. The van der Waals surface area contributed by atoms with Gasteiger partial charge in [0.1, 0.15) is 5.82 Å². The fourth-order valence-electron chi connectivity index (χ4n) is 1.96. The second kappa shape index (κ2) is 4.55.